The molecular formula is C21H13F9N4O. The number of hydrogen-bond acceptors (Lipinski definition) is 4. The van der Waals surface area contributed by atoms with Crippen LogP contribution in [0.4, 0.5) is 39.5 Å². The van der Waals surface area contributed by atoms with Crippen molar-refractivity contribution in [3.8, 4) is 11.4 Å². The average Bonchev–Trinajstić information content (AvgIpc) is 2.77. The topological polar surface area (TPSA) is 67.8 Å². The van der Waals surface area contributed by atoms with E-state index in [-0.39, 0.29) is 35.3 Å². The second-order valence-corrected chi connectivity index (χ2v) is 7.21. The Bertz CT molecular complexity index is 1190. The van der Waals surface area contributed by atoms with Crippen molar-refractivity contribution in [2.24, 2.45) is 0 Å². The number of carbonyl (C=O) groups is 1. The highest BCUT2D eigenvalue weighted by molar-refractivity contribution is 5.95. The van der Waals surface area contributed by atoms with Gasteiger partial charge >= 0.3 is 18.5 Å². The van der Waals surface area contributed by atoms with Crippen LogP contribution < -0.4 is 5.32 Å². The van der Waals surface area contributed by atoms with Crippen molar-refractivity contribution in [1.29, 1.82) is 0 Å². The maximum atomic E-state index is 13.1. The highest BCUT2D eigenvalue weighted by atomic mass is 19.4. The molecule has 1 amide bonds. The lowest BCUT2D eigenvalue weighted by atomic mass is 10.0. The Morgan fingerprint density at radius 2 is 1.31 bits per heavy atom. The Kier molecular flexibility index (Phi) is 6.77. The van der Waals surface area contributed by atoms with Crippen molar-refractivity contribution < 1.29 is 44.3 Å². The predicted octanol–water partition coefficient (Wildman–Crippen LogP) is 6.09. The van der Waals surface area contributed by atoms with E-state index in [1.165, 1.54) is 19.3 Å². The van der Waals surface area contributed by atoms with Crippen LogP contribution in [0.2, 0.25) is 0 Å². The first-order chi connectivity index (χ1) is 16.1. The number of halogens is 9. The first-order valence-electron chi connectivity index (χ1n) is 9.52. The minimum atomic E-state index is -5.14. The van der Waals surface area contributed by atoms with Crippen molar-refractivity contribution in [3.05, 3.63) is 76.9 Å². The van der Waals surface area contributed by atoms with Gasteiger partial charge in [0.15, 0.2) is 0 Å². The smallest absolute Gasteiger partial charge is 0.344 e. The van der Waals surface area contributed by atoms with E-state index in [0.29, 0.717) is 6.20 Å². The molecule has 1 N–H and O–H groups in total. The molecule has 0 aliphatic carbocycles. The van der Waals surface area contributed by atoms with E-state index in [2.05, 4.69) is 20.3 Å². The second kappa shape index (κ2) is 9.15. The molecule has 1 unspecified atom stereocenters. The van der Waals surface area contributed by atoms with E-state index in [4.69, 9.17) is 0 Å². The lowest BCUT2D eigenvalue weighted by Crippen LogP contribution is -2.28. The summed E-state index contributed by atoms with van der Waals surface area (Å²) in [7, 11) is 0. The molecule has 0 aliphatic heterocycles. The molecule has 3 aromatic rings. The molecule has 0 bridgehead atoms. The number of pyridine rings is 1. The summed E-state index contributed by atoms with van der Waals surface area (Å²) in [5, 5.41) is 2.23. The maximum Gasteiger partial charge on any atom is 0.417 e. The molecule has 0 spiro atoms. The van der Waals surface area contributed by atoms with Crippen LogP contribution in [-0.2, 0) is 18.5 Å². The Balaban J connectivity index is 1.93. The van der Waals surface area contributed by atoms with Gasteiger partial charge in [0.25, 0.3) is 5.91 Å². The largest absolute Gasteiger partial charge is 0.417 e. The number of benzene rings is 1. The number of nitrogens with zero attached hydrogens (tertiary/aromatic N) is 3. The molecule has 3 rings (SSSR count). The van der Waals surface area contributed by atoms with Gasteiger partial charge in [0.1, 0.15) is 5.69 Å². The molecule has 186 valence electrons. The zero-order valence-corrected chi connectivity index (χ0v) is 17.3. The number of hydrogen-bond donors (Lipinski definition) is 1. The SMILES string of the molecule is CC(NC(=O)c1cc(C(F)(F)F)cc(C(F)(F)F)c1)c1nccnc1-c1ccc(C(F)(F)F)cn1. The Labute approximate surface area is 191 Å². The van der Waals surface area contributed by atoms with E-state index in [1.54, 1.807) is 0 Å². The standard InChI is InChI=1S/C21H13F9N4O/c1-10(16-17(32-5-4-31-16)15-3-2-12(9-33-15)19(22,23)24)34-18(35)11-6-13(20(25,26)27)8-14(7-11)21(28,29)30/h2-10H,1H3,(H,34,35). The van der Waals surface area contributed by atoms with Crippen molar-refractivity contribution in [1.82, 2.24) is 20.3 Å². The summed E-state index contributed by atoms with van der Waals surface area (Å²) < 4.78 is 117. The first kappa shape index (κ1) is 25.9. The number of carbonyl (C=O) groups excluding carboxylic acids is 1. The molecule has 0 aliphatic rings. The van der Waals surface area contributed by atoms with E-state index in [0.717, 1.165) is 12.1 Å². The van der Waals surface area contributed by atoms with Crippen molar-refractivity contribution >= 4 is 5.91 Å². The summed E-state index contributed by atoms with van der Waals surface area (Å²) in [5.41, 5.74) is -5.40. The first-order valence-corrected chi connectivity index (χ1v) is 9.52. The number of amides is 1. The van der Waals surface area contributed by atoms with Crippen LogP contribution in [0.25, 0.3) is 11.4 Å². The lowest BCUT2D eigenvalue weighted by molar-refractivity contribution is -0.143. The zero-order chi connectivity index (χ0) is 26.2. The lowest BCUT2D eigenvalue weighted by Gasteiger charge is -2.18. The van der Waals surface area contributed by atoms with Gasteiger partial charge in [-0.1, -0.05) is 0 Å². The number of rotatable bonds is 4. The molecule has 35 heavy (non-hydrogen) atoms. The van der Waals surface area contributed by atoms with Crippen molar-refractivity contribution in [2.45, 2.75) is 31.5 Å². The summed E-state index contributed by atoms with van der Waals surface area (Å²) >= 11 is 0. The second-order valence-electron chi connectivity index (χ2n) is 7.21. The van der Waals surface area contributed by atoms with Gasteiger partial charge in [-0.15, -0.1) is 0 Å². The Morgan fingerprint density at radius 3 is 1.80 bits per heavy atom. The summed E-state index contributed by atoms with van der Waals surface area (Å²) in [6, 6.07) is 1.05. The molecule has 1 aromatic carbocycles. The minimum absolute atomic E-state index is 0.0314. The fourth-order valence-electron chi connectivity index (χ4n) is 3.00. The maximum absolute atomic E-state index is 13.1. The van der Waals surface area contributed by atoms with Crippen molar-refractivity contribution in [2.75, 3.05) is 0 Å². The molecule has 0 saturated heterocycles. The van der Waals surface area contributed by atoms with Crippen LogP contribution >= 0.6 is 0 Å². The quantitative estimate of drug-likeness (QED) is 0.434. The van der Waals surface area contributed by atoms with Crippen LogP contribution in [0.15, 0.2) is 48.9 Å². The van der Waals surface area contributed by atoms with E-state index in [1.807, 2.05) is 0 Å². The molecule has 0 saturated carbocycles. The highest BCUT2D eigenvalue weighted by Crippen LogP contribution is 2.36. The summed E-state index contributed by atoms with van der Waals surface area (Å²) in [4.78, 5) is 24.2. The molecule has 14 heteroatoms. The summed E-state index contributed by atoms with van der Waals surface area (Å²) in [5.74, 6) is -1.27. The zero-order valence-electron chi connectivity index (χ0n) is 17.3. The molecule has 0 radical (unpaired) electrons. The van der Waals surface area contributed by atoms with Crippen LogP contribution in [-0.4, -0.2) is 20.9 Å². The van der Waals surface area contributed by atoms with Gasteiger partial charge in [-0.3, -0.25) is 19.7 Å². The van der Waals surface area contributed by atoms with Gasteiger partial charge < -0.3 is 5.32 Å². The molecule has 1 atom stereocenters. The molecule has 2 heterocycles. The molecule has 5 nitrogen and oxygen atoms in total. The van der Waals surface area contributed by atoms with E-state index in [9.17, 15) is 44.3 Å². The van der Waals surface area contributed by atoms with Gasteiger partial charge in [-0.25, -0.2) is 0 Å². The number of alkyl halides is 9. The van der Waals surface area contributed by atoms with Gasteiger partial charge in [-0.05, 0) is 37.3 Å². The van der Waals surface area contributed by atoms with Crippen LogP contribution in [0, 0.1) is 0 Å². The normalized spacial score (nSPS) is 13.4. The average molecular weight is 508 g/mol. The fourth-order valence-corrected chi connectivity index (χ4v) is 3.00. The molecule has 0 fully saturated rings. The number of nitrogens with one attached hydrogen (secondary N) is 1. The van der Waals surface area contributed by atoms with Gasteiger partial charge in [0.2, 0.25) is 0 Å². The van der Waals surface area contributed by atoms with Crippen LogP contribution in [0.1, 0.15) is 45.7 Å². The van der Waals surface area contributed by atoms with Crippen LogP contribution in [0.5, 0.6) is 0 Å². The third-order valence-electron chi connectivity index (χ3n) is 4.67. The summed E-state index contributed by atoms with van der Waals surface area (Å²) in [6.45, 7) is 1.31. The van der Waals surface area contributed by atoms with E-state index >= 15 is 0 Å². The van der Waals surface area contributed by atoms with Crippen LogP contribution in [0.3, 0.4) is 0 Å². The van der Waals surface area contributed by atoms with E-state index < -0.39 is 52.7 Å². The highest BCUT2D eigenvalue weighted by Gasteiger charge is 2.37. The Hall–Kier alpha value is -3.71. The molecule has 2 aromatic heterocycles. The predicted molar refractivity (Wildman–Crippen MR) is 103 cm³/mol. The monoisotopic (exact) mass is 508 g/mol. The van der Waals surface area contributed by atoms with Gasteiger partial charge in [0, 0.05) is 24.2 Å². The number of aromatic nitrogens is 3. The van der Waals surface area contributed by atoms with Gasteiger partial charge in [-0.2, -0.15) is 39.5 Å². The third kappa shape index (κ3) is 6.05. The minimum Gasteiger partial charge on any atom is -0.344 e. The summed E-state index contributed by atoms with van der Waals surface area (Å²) in [6.07, 6.45) is -12.0. The van der Waals surface area contributed by atoms with Crippen molar-refractivity contribution in [3.63, 3.8) is 0 Å². The van der Waals surface area contributed by atoms with Gasteiger partial charge in [0.05, 0.1) is 34.1 Å². The molecular weight excluding hydrogens is 495 g/mol. The third-order valence-corrected chi connectivity index (χ3v) is 4.67. The fraction of sp³-hybridized carbons (Fsp3) is 0.238. The Morgan fingerprint density at radius 1 is 0.771 bits per heavy atom.